The van der Waals surface area contributed by atoms with Gasteiger partial charge < -0.3 is 14.6 Å². The maximum atomic E-state index is 6.01. The molecule has 0 saturated heterocycles. The molecule has 0 aliphatic rings. The number of nitrogens with zero attached hydrogens (tertiary/aromatic N) is 2. The molecule has 0 aliphatic heterocycles. The average Bonchev–Trinajstić information content (AvgIpc) is 2.94. The van der Waals surface area contributed by atoms with Gasteiger partial charge in [0.25, 0.3) is 0 Å². The van der Waals surface area contributed by atoms with E-state index in [0.29, 0.717) is 6.54 Å². The predicted octanol–water partition coefficient (Wildman–Crippen LogP) is 4.81. The number of anilines is 1. The summed E-state index contributed by atoms with van der Waals surface area (Å²) in [7, 11) is 3.60. The maximum absolute atomic E-state index is 6.01. The molecule has 2 aromatic rings. The summed E-state index contributed by atoms with van der Waals surface area (Å²) in [5, 5.41) is 4.06. The number of aromatic nitrogens is 2. The number of rotatable bonds is 7. The molecule has 126 valence electrons. The minimum atomic E-state index is 0.664. The molecule has 0 fully saturated rings. The highest BCUT2D eigenvalue weighted by Crippen LogP contribution is 2.19. The summed E-state index contributed by atoms with van der Waals surface area (Å²) in [4.78, 5) is 4.45. The van der Waals surface area contributed by atoms with Gasteiger partial charge in [0.1, 0.15) is 5.76 Å². The maximum Gasteiger partial charge on any atom is 0.203 e. The van der Waals surface area contributed by atoms with E-state index in [1.807, 2.05) is 61.2 Å². The van der Waals surface area contributed by atoms with Gasteiger partial charge >= 0.3 is 0 Å². The van der Waals surface area contributed by atoms with Gasteiger partial charge in [0, 0.05) is 18.6 Å². The Kier molecular flexibility index (Phi) is 6.27. The van der Waals surface area contributed by atoms with Crippen molar-refractivity contribution in [3.8, 4) is 0 Å². The van der Waals surface area contributed by atoms with E-state index in [1.165, 1.54) is 0 Å². The fourth-order valence-electron chi connectivity index (χ4n) is 2.28. The Hall–Kier alpha value is -2.46. The minimum absolute atomic E-state index is 0.664. The highest BCUT2D eigenvalue weighted by Gasteiger charge is 2.07. The Labute approximate surface area is 148 Å². The first-order valence-corrected chi connectivity index (χ1v) is 7.98. The third kappa shape index (κ3) is 4.52. The third-order valence-electron chi connectivity index (χ3n) is 3.67. The first-order valence-electron chi connectivity index (χ1n) is 7.60. The largest absolute Gasteiger partial charge is 0.497 e. The van der Waals surface area contributed by atoms with Crippen LogP contribution in [0.5, 0.6) is 0 Å². The van der Waals surface area contributed by atoms with Crippen LogP contribution in [0, 0.1) is 0 Å². The van der Waals surface area contributed by atoms with Gasteiger partial charge in [-0.15, -0.1) is 0 Å². The van der Waals surface area contributed by atoms with Gasteiger partial charge in [0.15, 0.2) is 0 Å². The first-order chi connectivity index (χ1) is 11.5. The van der Waals surface area contributed by atoms with Crippen LogP contribution in [0.1, 0.15) is 18.2 Å². The van der Waals surface area contributed by atoms with Crippen molar-refractivity contribution in [2.45, 2.75) is 13.5 Å². The average molecular weight is 344 g/mol. The Morgan fingerprint density at radius 3 is 2.88 bits per heavy atom. The molecule has 24 heavy (non-hydrogen) atoms. The lowest BCUT2D eigenvalue weighted by Gasteiger charge is -2.09. The molecular formula is C19H22ClN3O. The van der Waals surface area contributed by atoms with Crippen molar-refractivity contribution in [2.24, 2.45) is 7.05 Å². The number of nitrogens with one attached hydrogen (secondary N) is 1. The molecule has 0 amide bonds. The van der Waals surface area contributed by atoms with Gasteiger partial charge in [-0.3, -0.25) is 0 Å². The molecule has 0 saturated carbocycles. The molecule has 0 bridgehead atoms. The van der Waals surface area contributed by atoms with E-state index in [9.17, 15) is 0 Å². The van der Waals surface area contributed by atoms with Gasteiger partial charge in [-0.2, -0.15) is 0 Å². The van der Waals surface area contributed by atoms with Gasteiger partial charge in [0.05, 0.1) is 19.0 Å². The standard InChI is InChI=1S/C19H22ClN3O/c1-5-17(24-4)10-9-14(2)18-13-22-19(23(18)3)21-12-15-7-6-8-16(20)11-15/h5-11,13H,1,12H2,2-4H3,(H,21,22)/b14-9+,17-10+. The molecule has 1 aromatic heterocycles. The molecule has 0 radical (unpaired) electrons. The number of hydrogen-bond donors (Lipinski definition) is 1. The molecule has 1 heterocycles. The van der Waals surface area contributed by atoms with Crippen LogP contribution >= 0.6 is 11.6 Å². The number of benzene rings is 1. The van der Waals surface area contributed by atoms with Gasteiger partial charge in [-0.25, -0.2) is 4.98 Å². The fraction of sp³-hybridized carbons (Fsp3) is 0.211. The van der Waals surface area contributed by atoms with Crippen LogP contribution in [0.4, 0.5) is 5.95 Å². The summed E-state index contributed by atoms with van der Waals surface area (Å²) < 4.78 is 7.19. The summed E-state index contributed by atoms with van der Waals surface area (Å²) in [6.45, 7) is 6.40. The quantitative estimate of drug-likeness (QED) is 0.579. The number of imidazole rings is 1. The van der Waals surface area contributed by atoms with Crippen molar-refractivity contribution in [2.75, 3.05) is 12.4 Å². The molecule has 0 spiro atoms. The third-order valence-corrected chi connectivity index (χ3v) is 3.90. The minimum Gasteiger partial charge on any atom is -0.497 e. The van der Waals surface area contributed by atoms with Gasteiger partial charge in [-0.1, -0.05) is 36.4 Å². The van der Waals surface area contributed by atoms with Crippen LogP contribution in [-0.2, 0) is 18.3 Å². The highest BCUT2D eigenvalue weighted by molar-refractivity contribution is 6.30. The van der Waals surface area contributed by atoms with E-state index in [4.69, 9.17) is 16.3 Å². The Morgan fingerprint density at radius 2 is 2.21 bits per heavy atom. The summed E-state index contributed by atoms with van der Waals surface area (Å²) in [6.07, 6.45) is 7.39. The number of allylic oxidation sites excluding steroid dienone is 4. The number of methoxy groups -OCH3 is 1. The topological polar surface area (TPSA) is 39.1 Å². The summed E-state index contributed by atoms with van der Waals surface area (Å²) in [5.41, 5.74) is 3.22. The van der Waals surface area contributed by atoms with Crippen molar-refractivity contribution < 1.29 is 4.74 Å². The lowest BCUT2D eigenvalue weighted by molar-refractivity contribution is 0.307. The van der Waals surface area contributed by atoms with Crippen molar-refractivity contribution in [1.82, 2.24) is 9.55 Å². The molecule has 1 aromatic carbocycles. The second-order valence-electron chi connectivity index (χ2n) is 5.34. The summed E-state index contributed by atoms with van der Waals surface area (Å²) in [5.74, 6) is 1.52. The van der Waals surface area contributed by atoms with Crippen molar-refractivity contribution in [3.63, 3.8) is 0 Å². The van der Waals surface area contributed by atoms with Crippen molar-refractivity contribution >= 4 is 23.1 Å². The van der Waals surface area contributed by atoms with Crippen LogP contribution < -0.4 is 5.32 Å². The molecular weight excluding hydrogens is 322 g/mol. The molecule has 0 atom stereocenters. The second kappa shape index (κ2) is 8.41. The van der Waals surface area contributed by atoms with Gasteiger partial charge in [0.2, 0.25) is 5.95 Å². The normalized spacial score (nSPS) is 12.2. The van der Waals surface area contributed by atoms with E-state index in [0.717, 1.165) is 33.6 Å². The number of ether oxygens (including phenoxy) is 1. The zero-order chi connectivity index (χ0) is 17.5. The Morgan fingerprint density at radius 1 is 1.42 bits per heavy atom. The lowest BCUT2D eigenvalue weighted by atomic mass is 10.2. The smallest absolute Gasteiger partial charge is 0.203 e. The molecule has 0 aliphatic carbocycles. The SMILES string of the molecule is C=C/C(=C\C=C(/C)c1cnc(NCc2cccc(Cl)c2)n1C)OC. The van der Waals surface area contributed by atoms with Crippen LogP contribution in [0.25, 0.3) is 5.57 Å². The van der Waals surface area contributed by atoms with E-state index in [1.54, 1.807) is 13.2 Å². The molecule has 0 unspecified atom stereocenters. The Balaban J connectivity index is 2.11. The van der Waals surface area contributed by atoms with E-state index in [2.05, 4.69) is 16.9 Å². The van der Waals surface area contributed by atoms with Crippen LogP contribution in [0.3, 0.4) is 0 Å². The van der Waals surface area contributed by atoms with Crippen molar-refractivity contribution in [3.05, 3.63) is 77.3 Å². The number of hydrogen-bond acceptors (Lipinski definition) is 3. The summed E-state index contributed by atoms with van der Waals surface area (Å²) in [6, 6.07) is 7.77. The predicted molar refractivity (Wildman–Crippen MR) is 101 cm³/mol. The fourth-order valence-corrected chi connectivity index (χ4v) is 2.49. The van der Waals surface area contributed by atoms with Crippen molar-refractivity contribution in [1.29, 1.82) is 0 Å². The number of halogens is 1. The summed E-state index contributed by atoms with van der Waals surface area (Å²) >= 11 is 6.01. The second-order valence-corrected chi connectivity index (χ2v) is 5.77. The van der Waals surface area contributed by atoms with E-state index < -0.39 is 0 Å². The molecule has 2 rings (SSSR count). The zero-order valence-corrected chi connectivity index (χ0v) is 15.0. The zero-order valence-electron chi connectivity index (χ0n) is 14.2. The highest BCUT2D eigenvalue weighted by atomic mass is 35.5. The monoisotopic (exact) mass is 343 g/mol. The molecule has 4 nitrogen and oxygen atoms in total. The van der Waals surface area contributed by atoms with Crippen LogP contribution in [0.2, 0.25) is 5.02 Å². The van der Waals surface area contributed by atoms with Crippen LogP contribution in [-0.4, -0.2) is 16.7 Å². The van der Waals surface area contributed by atoms with E-state index >= 15 is 0 Å². The molecule has 1 N–H and O–H groups in total. The molecule has 5 heteroatoms. The first kappa shape index (κ1) is 17.9. The Bertz CT molecular complexity index is 775. The van der Waals surface area contributed by atoms with E-state index in [-0.39, 0.29) is 0 Å². The van der Waals surface area contributed by atoms with Gasteiger partial charge in [-0.05, 0) is 42.3 Å². The lowest BCUT2D eigenvalue weighted by Crippen LogP contribution is -2.06. The van der Waals surface area contributed by atoms with Crippen LogP contribution in [0.15, 0.2) is 61.0 Å².